The van der Waals surface area contributed by atoms with Crippen LogP contribution in [-0.2, 0) is 22.7 Å². The maximum absolute atomic E-state index is 12.8. The van der Waals surface area contributed by atoms with E-state index in [1.54, 1.807) is 0 Å². The Kier molecular flexibility index (Phi) is 7.56. The Labute approximate surface area is 189 Å². The number of benzene rings is 2. The van der Waals surface area contributed by atoms with Crippen LogP contribution in [0.15, 0.2) is 60.8 Å². The molecule has 3 aromatic rings. The molecule has 6 nitrogen and oxygen atoms in total. The van der Waals surface area contributed by atoms with E-state index in [4.69, 9.17) is 0 Å². The molecule has 32 heavy (non-hydrogen) atoms. The van der Waals surface area contributed by atoms with E-state index in [-0.39, 0.29) is 17.7 Å². The average molecular weight is 433 g/mol. The molecule has 1 fully saturated rings. The molecule has 3 N–H and O–H groups in total. The zero-order valence-corrected chi connectivity index (χ0v) is 18.5. The minimum absolute atomic E-state index is 0.0549. The number of hydrogen-bond acceptors (Lipinski definition) is 3. The molecule has 0 aliphatic carbocycles. The van der Waals surface area contributed by atoms with E-state index in [9.17, 15) is 9.59 Å². The highest BCUT2D eigenvalue weighted by Gasteiger charge is 2.20. The number of carbonyl (C=O) groups excluding carboxylic acids is 2. The first-order valence-corrected chi connectivity index (χ1v) is 11.5. The number of nitrogens with one attached hydrogen (secondary N) is 3. The van der Waals surface area contributed by atoms with Crippen molar-refractivity contribution in [3.8, 4) is 0 Å². The third-order valence-electron chi connectivity index (χ3n) is 6.25. The van der Waals surface area contributed by atoms with Crippen molar-refractivity contribution >= 4 is 22.7 Å². The summed E-state index contributed by atoms with van der Waals surface area (Å²) in [5.74, 6) is 0.0387. The SMILES string of the molecule is O=C1CCN(Cc2c[nH]c3ccccc23)CCCC(C(=O)NCc2ccccc2)CCN1. The Hall–Kier alpha value is -3.12. The molecule has 1 atom stereocenters. The highest BCUT2D eigenvalue weighted by molar-refractivity contribution is 5.83. The number of nitrogens with zero attached hydrogens (tertiary/aromatic N) is 1. The third kappa shape index (κ3) is 5.98. The summed E-state index contributed by atoms with van der Waals surface area (Å²) < 4.78 is 0. The van der Waals surface area contributed by atoms with Gasteiger partial charge in [0.25, 0.3) is 0 Å². The summed E-state index contributed by atoms with van der Waals surface area (Å²) >= 11 is 0. The second-order valence-corrected chi connectivity index (χ2v) is 8.57. The maximum Gasteiger partial charge on any atom is 0.223 e. The Balaban J connectivity index is 1.37. The number of H-pyrrole nitrogens is 1. The van der Waals surface area contributed by atoms with Crippen LogP contribution in [0.2, 0.25) is 0 Å². The summed E-state index contributed by atoms with van der Waals surface area (Å²) in [5.41, 5.74) is 3.47. The van der Waals surface area contributed by atoms with Gasteiger partial charge in [0.15, 0.2) is 0 Å². The minimum atomic E-state index is -0.0907. The molecular formula is C26H32N4O2. The van der Waals surface area contributed by atoms with Gasteiger partial charge >= 0.3 is 0 Å². The number of para-hydroxylation sites is 1. The molecule has 0 spiro atoms. The largest absolute Gasteiger partial charge is 0.361 e. The van der Waals surface area contributed by atoms with Gasteiger partial charge in [-0.3, -0.25) is 14.5 Å². The fourth-order valence-corrected chi connectivity index (χ4v) is 4.40. The molecule has 6 heteroatoms. The van der Waals surface area contributed by atoms with Gasteiger partial charge in [-0.2, -0.15) is 0 Å². The van der Waals surface area contributed by atoms with Crippen molar-refractivity contribution in [1.82, 2.24) is 20.5 Å². The van der Waals surface area contributed by atoms with E-state index < -0.39 is 0 Å². The van der Waals surface area contributed by atoms with Crippen molar-refractivity contribution in [2.45, 2.75) is 38.8 Å². The molecule has 168 valence electrons. The standard InChI is InChI=1S/C26H32N4O2/c31-25-13-16-30(19-22-18-28-24-11-5-4-10-23(22)24)15-6-9-21(12-14-27-25)26(32)29-17-20-7-2-1-3-8-20/h1-5,7-8,10-11,18,21,28H,6,9,12-17,19H2,(H,27,31)(H,29,32). The lowest BCUT2D eigenvalue weighted by atomic mass is 9.98. The van der Waals surface area contributed by atoms with Crippen LogP contribution in [0.25, 0.3) is 10.9 Å². The fourth-order valence-electron chi connectivity index (χ4n) is 4.40. The lowest BCUT2D eigenvalue weighted by Crippen LogP contribution is -2.33. The molecule has 2 aromatic carbocycles. The number of rotatable bonds is 5. The first kappa shape index (κ1) is 22.1. The summed E-state index contributed by atoms with van der Waals surface area (Å²) in [6.45, 7) is 3.47. The molecule has 1 aliphatic rings. The fraction of sp³-hybridized carbons (Fsp3) is 0.385. The van der Waals surface area contributed by atoms with Crippen LogP contribution in [0.3, 0.4) is 0 Å². The molecule has 0 radical (unpaired) electrons. The molecular weight excluding hydrogens is 400 g/mol. The number of aromatic amines is 1. The third-order valence-corrected chi connectivity index (χ3v) is 6.25. The van der Waals surface area contributed by atoms with E-state index in [1.807, 2.05) is 36.4 Å². The molecule has 0 bridgehead atoms. The predicted octanol–water partition coefficient (Wildman–Crippen LogP) is 3.59. The Bertz CT molecular complexity index is 1030. The Morgan fingerprint density at radius 3 is 2.72 bits per heavy atom. The monoisotopic (exact) mass is 432 g/mol. The van der Waals surface area contributed by atoms with Crippen molar-refractivity contribution in [3.63, 3.8) is 0 Å². The quantitative estimate of drug-likeness (QED) is 0.577. The second kappa shape index (κ2) is 11.0. The number of aromatic nitrogens is 1. The summed E-state index contributed by atoms with van der Waals surface area (Å²) in [4.78, 5) is 30.8. The molecule has 1 aromatic heterocycles. The summed E-state index contributed by atoms with van der Waals surface area (Å²) in [5, 5.41) is 7.30. The van der Waals surface area contributed by atoms with Crippen LogP contribution < -0.4 is 10.6 Å². The van der Waals surface area contributed by atoms with Gasteiger partial charge in [-0.25, -0.2) is 0 Å². The first-order valence-electron chi connectivity index (χ1n) is 11.5. The Morgan fingerprint density at radius 2 is 1.84 bits per heavy atom. The molecule has 1 unspecified atom stereocenters. The molecule has 2 heterocycles. The van der Waals surface area contributed by atoms with Gasteiger partial charge in [-0.15, -0.1) is 0 Å². The second-order valence-electron chi connectivity index (χ2n) is 8.57. The maximum atomic E-state index is 12.8. The van der Waals surface area contributed by atoms with Crippen LogP contribution in [0, 0.1) is 5.92 Å². The highest BCUT2D eigenvalue weighted by Crippen LogP contribution is 2.21. The van der Waals surface area contributed by atoms with Crippen molar-refractivity contribution in [3.05, 3.63) is 71.9 Å². The van der Waals surface area contributed by atoms with E-state index in [2.05, 4.69) is 44.9 Å². The number of hydrogen-bond donors (Lipinski definition) is 3. The van der Waals surface area contributed by atoms with E-state index in [0.717, 1.165) is 43.6 Å². The lowest BCUT2D eigenvalue weighted by molar-refractivity contribution is -0.126. The number of amides is 2. The van der Waals surface area contributed by atoms with Gasteiger partial charge in [0.1, 0.15) is 0 Å². The van der Waals surface area contributed by atoms with Gasteiger partial charge < -0.3 is 15.6 Å². The van der Waals surface area contributed by atoms with Gasteiger partial charge in [0, 0.05) is 55.6 Å². The van der Waals surface area contributed by atoms with E-state index in [1.165, 1.54) is 10.9 Å². The number of carbonyl (C=O) groups is 2. The van der Waals surface area contributed by atoms with E-state index >= 15 is 0 Å². The molecule has 4 rings (SSSR count). The van der Waals surface area contributed by atoms with Gasteiger partial charge in [-0.05, 0) is 43.0 Å². The normalized spacial score (nSPS) is 18.6. The van der Waals surface area contributed by atoms with Gasteiger partial charge in [-0.1, -0.05) is 48.5 Å². The van der Waals surface area contributed by atoms with Crippen LogP contribution in [0.5, 0.6) is 0 Å². The van der Waals surface area contributed by atoms with Crippen molar-refractivity contribution in [2.75, 3.05) is 19.6 Å². The van der Waals surface area contributed by atoms with Crippen LogP contribution in [0.1, 0.15) is 36.8 Å². The highest BCUT2D eigenvalue weighted by atomic mass is 16.2. The van der Waals surface area contributed by atoms with Crippen molar-refractivity contribution < 1.29 is 9.59 Å². The van der Waals surface area contributed by atoms with Crippen molar-refractivity contribution in [2.24, 2.45) is 5.92 Å². The zero-order chi connectivity index (χ0) is 22.2. The first-order chi connectivity index (χ1) is 15.7. The average Bonchev–Trinajstić information content (AvgIpc) is 3.21. The summed E-state index contributed by atoms with van der Waals surface area (Å²) in [6, 6.07) is 18.3. The topological polar surface area (TPSA) is 77.2 Å². The molecule has 2 amide bonds. The molecule has 0 saturated carbocycles. The van der Waals surface area contributed by atoms with Crippen LogP contribution >= 0.6 is 0 Å². The van der Waals surface area contributed by atoms with E-state index in [0.29, 0.717) is 25.9 Å². The van der Waals surface area contributed by atoms with Crippen LogP contribution in [0.4, 0.5) is 0 Å². The lowest BCUT2D eigenvalue weighted by Gasteiger charge is -2.22. The van der Waals surface area contributed by atoms with Gasteiger partial charge in [0.05, 0.1) is 0 Å². The summed E-state index contributed by atoms with van der Waals surface area (Å²) in [7, 11) is 0. The zero-order valence-electron chi connectivity index (χ0n) is 18.5. The number of fused-ring (bicyclic) bond motifs is 1. The summed E-state index contributed by atoms with van der Waals surface area (Å²) in [6.07, 6.45) is 4.97. The van der Waals surface area contributed by atoms with Crippen LogP contribution in [-0.4, -0.2) is 41.3 Å². The molecule has 1 aliphatic heterocycles. The predicted molar refractivity (Wildman–Crippen MR) is 127 cm³/mol. The smallest absolute Gasteiger partial charge is 0.223 e. The molecule has 1 saturated heterocycles. The Morgan fingerprint density at radius 1 is 1.03 bits per heavy atom. The minimum Gasteiger partial charge on any atom is -0.361 e. The van der Waals surface area contributed by atoms with Gasteiger partial charge in [0.2, 0.25) is 11.8 Å². The van der Waals surface area contributed by atoms with Crippen molar-refractivity contribution in [1.29, 1.82) is 0 Å².